The van der Waals surface area contributed by atoms with Crippen LogP contribution in [0.15, 0.2) is 24.3 Å². The van der Waals surface area contributed by atoms with Gasteiger partial charge in [-0.2, -0.15) is 0 Å². The highest BCUT2D eigenvalue weighted by atomic mass is 35.5. The minimum absolute atomic E-state index is 0.0223. The number of rotatable bonds is 11. The predicted molar refractivity (Wildman–Crippen MR) is 146 cm³/mol. The Kier molecular flexibility index (Phi) is 10.7. The summed E-state index contributed by atoms with van der Waals surface area (Å²) in [5.74, 6) is -0.0705. The maximum absolute atomic E-state index is 13.3. The first-order valence-electron chi connectivity index (χ1n) is 14.3. The number of halogens is 1. The Hall–Kier alpha value is -2.32. The number of benzene rings is 1. The summed E-state index contributed by atoms with van der Waals surface area (Å²) < 4.78 is 5.79. The van der Waals surface area contributed by atoms with Gasteiger partial charge in [-0.25, -0.2) is 4.79 Å². The Morgan fingerprint density at radius 3 is 2.61 bits per heavy atom. The molecule has 1 aromatic carbocycles. The van der Waals surface area contributed by atoms with E-state index in [4.69, 9.17) is 16.3 Å². The Balaban J connectivity index is 1.35. The Morgan fingerprint density at radius 2 is 1.89 bits per heavy atom. The molecule has 9 heteroatoms. The van der Waals surface area contributed by atoms with Crippen LogP contribution in [0, 0.1) is 17.8 Å². The molecule has 210 valence electrons. The second kappa shape index (κ2) is 14.2. The average Bonchev–Trinajstić information content (AvgIpc) is 3.51. The van der Waals surface area contributed by atoms with Crippen LogP contribution in [0.1, 0.15) is 76.2 Å². The highest BCUT2D eigenvalue weighted by Gasteiger charge is 2.34. The number of ether oxygens (including phenoxy) is 1. The average molecular weight is 548 g/mol. The quantitative estimate of drug-likeness (QED) is 0.332. The Morgan fingerprint density at radius 1 is 1.08 bits per heavy atom. The van der Waals surface area contributed by atoms with Gasteiger partial charge in [-0.15, -0.1) is 0 Å². The number of aliphatic hydroxyl groups is 1. The molecule has 3 amide bonds. The molecule has 2 aliphatic carbocycles. The van der Waals surface area contributed by atoms with E-state index in [9.17, 15) is 19.5 Å². The van der Waals surface area contributed by atoms with Crippen LogP contribution in [-0.4, -0.2) is 54.4 Å². The van der Waals surface area contributed by atoms with Crippen LogP contribution in [0.2, 0.25) is 5.02 Å². The van der Waals surface area contributed by atoms with Gasteiger partial charge in [-0.3, -0.25) is 9.59 Å². The van der Waals surface area contributed by atoms with Crippen molar-refractivity contribution in [2.24, 2.45) is 17.8 Å². The van der Waals surface area contributed by atoms with Crippen LogP contribution in [0.4, 0.5) is 4.79 Å². The van der Waals surface area contributed by atoms with Gasteiger partial charge in [-0.05, 0) is 68.1 Å². The Bertz CT molecular complexity index is 954. The molecule has 0 spiro atoms. The molecule has 5 atom stereocenters. The van der Waals surface area contributed by atoms with Crippen molar-refractivity contribution < 1.29 is 24.2 Å². The summed E-state index contributed by atoms with van der Waals surface area (Å²) in [6.07, 6.45) is 9.22. The first-order chi connectivity index (χ1) is 18.4. The molecule has 1 heterocycles. The number of hydrogen-bond acceptors (Lipinski definition) is 5. The van der Waals surface area contributed by atoms with E-state index in [1.54, 1.807) is 0 Å². The molecule has 1 aromatic rings. The summed E-state index contributed by atoms with van der Waals surface area (Å²) in [5, 5.41) is 19.3. The molecule has 0 bridgehead atoms. The molecule has 1 saturated heterocycles. The van der Waals surface area contributed by atoms with Gasteiger partial charge in [0.05, 0.1) is 12.6 Å². The fourth-order valence-electron chi connectivity index (χ4n) is 6.37. The zero-order valence-corrected chi connectivity index (χ0v) is 22.9. The van der Waals surface area contributed by atoms with Crippen molar-refractivity contribution in [3.8, 4) is 0 Å². The second-order valence-corrected chi connectivity index (χ2v) is 11.7. The van der Waals surface area contributed by atoms with Gasteiger partial charge in [0.25, 0.3) is 5.91 Å². The maximum atomic E-state index is 13.3. The predicted octanol–water partition coefficient (Wildman–Crippen LogP) is 4.12. The van der Waals surface area contributed by atoms with Gasteiger partial charge >= 0.3 is 6.09 Å². The molecule has 1 aliphatic heterocycles. The van der Waals surface area contributed by atoms with E-state index in [1.807, 2.05) is 18.2 Å². The molecule has 38 heavy (non-hydrogen) atoms. The van der Waals surface area contributed by atoms with E-state index < -0.39 is 24.1 Å². The van der Waals surface area contributed by atoms with E-state index in [2.05, 4.69) is 22.0 Å². The number of alkyl carbamates (subject to hydrolysis) is 1. The summed E-state index contributed by atoms with van der Waals surface area (Å²) in [6, 6.07) is 7.23. The van der Waals surface area contributed by atoms with Crippen LogP contribution in [0.25, 0.3) is 0 Å². The first-order valence-corrected chi connectivity index (χ1v) is 14.7. The van der Waals surface area contributed by atoms with Crippen molar-refractivity contribution in [3.05, 3.63) is 34.9 Å². The van der Waals surface area contributed by atoms with Crippen molar-refractivity contribution in [2.75, 3.05) is 13.2 Å². The lowest BCUT2D eigenvalue weighted by atomic mass is 9.85. The highest BCUT2D eigenvalue weighted by Crippen LogP contribution is 2.31. The number of carbonyl (C=O) groups excluding carboxylic acids is 3. The van der Waals surface area contributed by atoms with Gasteiger partial charge < -0.3 is 25.8 Å². The van der Waals surface area contributed by atoms with E-state index in [0.29, 0.717) is 36.7 Å². The number of hydrogen-bond donors (Lipinski definition) is 4. The highest BCUT2D eigenvalue weighted by molar-refractivity contribution is 6.30. The smallest absolute Gasteiger partial charge is 0.408 e. The van der Waals surface area contributed by atoms with E-state index >= 15 is 0 Å². The Labute approximate surface area is 230 Å². The van der Waals surface area contributed by atoms with Crippen LogP contribution in [0.5, 0.6) is 0 Å². The molecule has 2 unspecified atom stereocenters. The molecule has 0 aromatic heterocycles. The monoisotopic (exact) mass is 547 g/mol. The lowest BCUT2D eigenvalue weighted by Gasteiger charge is -2.28. The van der Waals surface area contributed by atoms with Gasteiger partial charge in [-0.1, -0.05) is 62.3 Å². The van der Waals surface area contributed by atoms with Crippen LogP contribution in [0.3, 0.4) is 0 Å². The normalized spacial score (nSPS) is 25.4. The SMILES string of the molecule is O=C(NC1CCCC1Cc1cccc(Cl)c1)O[C@@H](CC1CCCCC1)C(=O)N[C@H](CO)C[C@@H]1CCNC1=O. The van der Waals surface area contributed by atoms with Gasteiger partial charge in [0.2, 0.25) is 5.91 Å². The van der Waals surface area contributed by atoms with Crippen LogP contribution < -0.4 is 16.0 Å². The second-order valence-electron chi connectivity index (χ2n) is 11.3. The van der Waals surface area contributed by atoms with E-state index in [-0.39, 0.29) is 30.4 Å². The molecule has 4 N–H and O–H groups in total. The molecule has 8 nitrogen and oxygen atoms in total. The lowest BCUT2D eigenvalue weighted by molar-refractivity contribution is -0.132. The maximum Gasteiger partial charge on any atom is 0.408 e. The van der Waals surface area contributed by atoms with Gasteiger partial charge in [0.1, 0.15) is 0 Å². The number of amides is 3. The molecule has 3 fully saturated rings. The van der Waals surface area contributed by atoms with Crippen molar-refractivity contribution in [2.45, 2.75) is 95.2 Å². The van der Waals surface area contributed by atoms with E-state index in [1.165, 1.54) is 6.42 Å². The largest absolute Gasteiger partial charge is 0.436 e. The molecular weight excluding hydrogens is 506 g/mol. The van der Waals surface area contributed by atoms with Crippen LogP contribution in [-0.2, 0) is 20.7 Å². The van der Waals surface area contributed by atoms with Crippen molar-refractivity contribution in [1.29, 1.82) is 0 Å². The summed E-state index contributed by atoms with van der Waals surface area (Å²) in [5.41, 5.74) is 1.14. The van der Waals surface area contributed by atoms with Crippen LogP contribution >= 0.6 is 11.6 Å². The third kappa shape index (κ3) is 8.34. The first kappa shape index (κ1) is 28.7. The minimum Gasteiger partial charge on any atom is -0.436 e. The molecule has 4 rings (SSSR count). The van der Waals surface area contributed by atoms with Crippen molar-refractivity contribution >= 4 is 29.5 Å². The van der Waals surface area contributed by atoms with E-state index in [0.717, 1.165) is 56.9 Å². The summed E-state index contributed by atoms with van der Waals surface area (Å²) in [4.78, 5) is 38.3. The van der Waals surface area contributed by atoms with Gasteiger partial charge in [0.15, 0.2) is 6.10 Å². The standard InChI is InChI=1S/C29H42ClN3O5/c30-23-10-4-8-20(15-23)14-21-9-5-11-25(21)33-29(37)38-26(16-19-6-2-1-3-7-19)28(36)32-24(18-34)17-22-12-13-31-27(22)35/h4,8,10,15,19,21-22,24-26,34H,1-3,5-7,9,11-14,16-18H2,(H,31,35)(H,32,36)(H,33,37)/t21?,22-,24-,25?,26-/m0/s1. The molecule has 3 aliphatic rings. The zero-order chi connectivity index (χ0) is 26.9. The van der Waals surface area contributed by atoms with Crippen molar-refractivity contribution in [3.63, 3.8) is 0 Å². The van der Waals surface area contributed by atoms with Gasteiger partial charge in [0, 0.05) is 23.5 Å². The topological polar surface area (TPSA) is 117 Å². The number of aliphatic hydroxyl groups excluding tert-OH is 1. The fourth-order valence-corrected chi connectivity index (χ4v) is 6.59. The molecular formula is C29H42ClN3O5. The number of nitrogens with one attached hydrogen (secondary N) is 3. The molecule has 2 saturated carbocycles. The van der Waals surface area contributed by atoms with Crippen molar-refractivity contribution in [1.82, 2.24) is 16.0 Å². The third-order valence-electron chi connectivity index (χ3n) is 8.46. The molecule has 0 radical (unpaired) electrons. The fraction of sp³-hybridized carbons (Fsp3) is 0.690. The summed E-state index contributed by atoms with van der Waals surface area (Å²) in [7, 11) is 0. The lowest BCUT2D eigenvalue weighted by Crippen LogP contribution is -2.48. The summed E-state index contributed by atoms with van der Waals surface area (Å²) >= 11 is 6.16. The number of carbonyl (C=O) groups is 3. The minimum atomic E-state index is -0.933. The summed E-state index contributed by atoms with van der Waals surface area (Å²) in [6.45, 7) is 0.341. The zero-order valence-electron chi connectivity index (χ0n) is 22.1. The third-order valence-corrected chi connectivity index (χ3v) is 8.70.